The molecule has 1 atom stereocenters. The van der Waals surface area contributed by atoms with Crippen molar-refractivity contribution < 1.29 is 4.74 Å². The first-order valence-corrected chi connectivity index (χ1v) is 8.24. The van der Waals surface area contributed by atoms with Gasteiger partial charge in [-0.3, -0.25) is 10.1 Å². The molecule has 0 fully saturated rings. The van der Waals surface area contributed by atoms with Gasteiger partial charge >= 0.3 is 0 Å². The van der Waals surface area contributed by atoms with Crippen LogP contribution in [-0.4, -0.2) is 28.3 Å². The van der Waals surface area contributed by atoms with Crippen LogP contribution in [0.15, 0.2) is 55.0 Å². The number of aromatic amines is 1. The van der Waals surface area contributed by atoms with E-state index in [1.165, 1.54) is 5.56 Å². The van der Waals surface area contributed by atoms with E-state index in [0.29, 0.717) is 5.92 Å². The molecule has 0 spiro atoms. The first-order chi connectivity index (χ1) is 11.9. The minimum atomic E-state index is 0.494. The standard InChI is InChI=1S/C19H20N4O/c1-2-6-18-15(4-1)8-14(13-24-18)9-21-11-17-12-22-23-19(17)16-5-3-7-20-10-16/h1-7,10,12,14,21H,8-9,11,13H2,(H,22,23). The Bertz CT molecular complexity index is 800. The lowest BCUT2D eigenvalue weighted by Crippen LogP contribution is -2.31. The fraction of sp³-hybridized carbons (Fsp3) is 0.263. The van der Waals surface area contributed by atoms with E-state index in [4.69, 9.17) is 4.74 Å². The molecule has 0 radical (unpaired) electrons. The molecule has 3 aromatic rings. The van der Waals surface area contributed by atoms with Crippen LogP contribution in [0.3, 0.4) is 0 Å². The number of rotatable bonds is 5. The summed E-state index contributed by atoms with van der Waals surface area (Å²) >= 11 is 0. The molecule has 3 heterocycles. The Morgan fingerprint density at radius 3 is 3.04 bits per heavy atom. The molecule has 5 heteroatoms. The zero-order chi connectivity index (χ0) is 16.2. The molecule has 2 aromatic heterocycles. The Morgan fingerprint density at radius 2 is 2.12 bits per heavy atom. The lowest BCUT2D eigenvalue weighted by atomic mass is 9.96. The number of fused-ring (bicyclic) bond motifs is 1. The molecular formula is C19H20N4O. The quantitative estimate of drug-likeness (QED) is 0.759. The molecule has 0 amide bonds. The van der Waals surface area contributed by atoms with Crippen molar-refractivity contribution in [1.29, 1.82) is 0 Å². The second-order valence-electron chi connectivity index (χ2n) is 6.13. The number of hydrogen-bond acceptors (Lipinski definition) is 4. The summed E-state index contributed by atoms with van der Waals surface area (Å²) in [6.07, 6.45) is 6.56. The molecule has 1 unspecified atom stereocenters. The number of para-hydroxylation sites is 1. The summed E-state index contributed by atoms with van der Waals surface area (Å²) in [5.41, 5.74) is 4.54. The van der Waals surface area contributed by atoms with E-state index in [9.17, 15) is 0 Å². The molecule has 1 aliphatic rings. The molecule has 0 saturated carbocycles. The summed E-state index contributed by atoms with van der Waals surface area (Å²) in [6, 6.07) is 12.3. The highest BCUT2D eigenvalue weighted by Gasteiger charge is 2.19. The number of hydrogen-bond donors (Lipinski definition) is 2. The minimum absolute atomic E-state index is 0.494. The fourth-order valence-corrected chi connectivity index (χ4v) is 3.14. The second-order valence-corrected chi connectivity index (χ2v) is 6.13. The highest BCUT2D eigenvalue weighted by atomic mass is 16.5. The van der Waals surface area contributed by atoms with Gasteiger partial charge in [-0.15, -0.1) is 0 Å². The number of benzene rings is 1. The summed E-state index contributed by atoms with van der Waals surface area (Å²) < 4.78 is 5.85. The van der Waals surface area contributed by atoms with Crippen molar-refractivity contribution in [2.75, 3.05) is 13.2 Å². The first kappa shape index (κ1) is 14.9. The van der Waals surface area contributed by atoms with Crippen molar-refractivity contribution in [2.24, 2.45) is 5.92 Å². The molecular weight excluding hydrogens is 300 g/mol. The smallest absolute Gasteiger partial charge is 0.122 e. The van der Waals surface area contributed by atoms with E-state index in [1.54, 1.807) is 6.20 Å². The van der Waals surface area contributed by atoms with Crippen LogP contribution >= 0.6 is 0 Å². The van der Waals surface area contributed by atoms with Crippen LogP contribution in [-0.2, 0) is 13.0 Å². The number of H-pyrrole nitrogens is 1. The third kappa shape index (κ3) is 3.16. The summed E-state index contributed by atoms with van der Waals surface area (Å²) in [5, 5.41) is 10.8. The van der Waals surface area contributed by atoms with Gasteiger partial charge in [-0.1, -0.05) is 18.2 Å². The SMILES string of the molecule is c1cncc(-c2[nH]ncc2CNCC2COc3ccccc3C2)c1. The Balaban J connectivity index is 1.35. The van der Waals surface area contributed by atoms with Crippen molar-refractivity contribution in [1.82, 2.24) is 20.5 Å². The molecule has 0 bridgehead atoms. The van der Waals surface area contributed by atoms with Crippen LogP contribution in [0.5, 0.6) is 5.75 Å². The Kier molecular flexibility index (Phi) is 4.25. The van der Waals surface area contributed by atoms with E-state index in [0.717, 1.165) is 48.7 Å². The lowest BCUT2D eigenvalue weighted by Gasteiger charge is -2.25. The Hall–Kier alpha value is -2.66. The molecule has 122 valence electrons. The van der Waals surface area contributed by atoms with Gasteiger partial charge in [-0.05, 0) is 30.2 Å². The van der Waals surface area contributed by atoms with Gasteiger partial charge in [0.1, 0.15) is 5.75 Å². The molecule has 5 nitrogen and oxygen atoms in total. The maximum Gasteiger partial charge on any atom is 0.122 e. The van der Waals surface area contributed by atoms with Crippen LogP contribution in [0, 0.1) is 5.92 Å². The second kappa shape index (κ2) is 6.84. The summed E-state index contributed by atoms with van der Waals surface area (Å²) in [7, 11) is 0. The molecule has 0 saturated heterocycles. The summed E-state index contributed by atoms with van der Waals surface area (Å²) in [5.74, 6) is 1.52. The highest BCUT2D eigenvalue weighted by Crippen LogP contribution is 2.26. The van der Waals surface area contributed by atoms with Gasteiger partial charge < -0.3 is 10.1 Å². The first-order valence-electron chi connectivity index (χ1n) is 8.24. The average Bonchev–Trinajstić information content (AvgIpc) is 3.11. The minimum Gasteiger partial charge on any atom is -0.493 e. The van der Waals surface area contributed by atoms with Gasteiger partial charge in [0.05, 0.1) is 18.5 Å². The summed E-state index contributed by atoms with van der Waals surface area (Å²) in [4.78, 5) is 4.17. The number of aromatic nitrogens is 3. The predicted molar refractivity (Wildman–Crippen MR) is 92.7 cm³/mol. The molecule has 1 aliphatic heterocycles. The van der Waals surface area contributed by atoms with Gasteiger partial charge in [-0.2, -0.15) is 5.10 Å². The Labute approximate surface area is 141 Å². The largest absolute Gasteiger partial charge is 0.493 e. The number of nitrogens with zero attached hydrogens (tertiary/aromatic N) is 2. The van der Waals surface area contributed by atoms with Gasteiger partial charge in [0.2, 0.25) is 0 Å². The number of ether oxygens (including phenoxy) is 1. The van der Waals surface area contributed by atoms with Gasteiger partial charge in [0.15, 0.2) is 0 Å². The van der Waals surface area contributed by atoms with Crippen molar-refractivity contribution in [2.45, 2.75) is 13.0 Å². The van der Waals surface area contributed by atoms with Crippen LogP contribution in [0.2, 0.25) is 0 Å². The third-order valence-electron chi connectivity index (χ3n) is 4.37. The van der Waals surface area contributed by atoms with Gasteiger partial charge in [0.25, 0.3) is 0 Å². The Morgan fingerprint density at radius 1 is 1.17 bits per heavy atom. The van der Waals surface area contributed by atoms with Crippen molar-refractivity contribution >= 4 is 0 Å². The topological polar surface area (TPSA) is 62.8 Å². The predicted octanol–water partition coefficient (Wildman–Crippen LogP) is 2.81. The highest BCUT2D eigenvalue weighted by molar-refractivity contribution is 5.61. The van der Waals surface area contributed by atoms with Crippen LogP contribution < -0.4 is 10.1 Å². The molecule has 2 N–H and O–H groups in total. The van der Waals surface area contributed by atoms with E-state index >= 15 is 0 Å². The van der Waals surface area contributed by atoms with Crippen LogP contribution in [0.1, 0.15) is 11.1 Å². The monoisotopic (exact) mass is 320 g/mol. The van der Waals surface area contributed by atoms with Crippen molar-refractivity contribution in [3.05, 3.63) is 66.1 Å². The molecule has 0 aliphatic carbocycles. The molecule has 4 rings (SSSR count). The lowest BCUT2D eigenvalue weighted by molar-refractivity contribution is 0.218. The maximum atomic E-state index is 5.85. The van der Waals surface area contributed by atoms with Gasteiger partial charge in [0, 0.05) is 42.5 Å². The van der Waals surface area contributed by atoms with Crippen LogP contribution in [0.4, 0.5) is 0 Å². The summed E-state index contributed by atoms with van der Waals surface area (Å²) in [6.45, 7) is 2.47. The van der Waals surface area contributed by atoms with E-state index < -0.39 is 0 Å². The molecule has 24 heavy (non-hydrogen) atoms. The average molecular weight is 320 g/mol. The zero-order valence-corrected chi connectivity index (χ0v) is 13.4. The maximum absolute atomic E-state index is 5.85. The fourth-order valence-electron chi connectivity index (χ4n) is 3.14. The van der Waals surface area contributed by atoms with Crippen LogP contribution in [0.25, 0.3) is 11.3 Å². The number of pyridine rings is 1. The zero-order valence-electron chi connectivity index (χ0n) is 13.4. The van der Waals surface area contributed by atoms with Gasteiger partial charge in [-0.25, -0.2) is 0 Å². The normalized spacial score (nSPS) is 16.4. The van der Waals surface area contributed by atoms with E-state index in [-0.39, 0.29) is 0 Å². The van der Waals surface area contributed by atoms with E-state index in [2.05, 4.69) is 32.6 Å². The van der Waals surface area contributed by atoms with Crippen molar-refractivity contribution in [3.63, 3.8) is 0 Å². The number of nitrogens with one attached hydrogen (secondary N) is 2. The van der Waals surface area contributed by atoms with Crippen molar-refractivity contribution in [3.8, 4) is 17.0 Å². The van der Waals surface area contributed by atoms with E-state index in [1.807, 2.05) is 36.7 Å². The molecule has 1 aromatic carbocycles. The third-order valence-corrected chi connectivity index (χ3v) is 4.37.